The maximum atomic E-state index is 6.57. The van der Waals surface area contributed by atoms with Crippen LogP contribution < -0.4 is 4.90 Å². The molecular weight excluding hydrogens is 751 g/mol. The van der Waals surface area contributed by atoms with Gasteiger partial charge in [-0.05, 0) is 144 Å². The molecule has 0 spiro atoms. The summed E-state index contributed by atoms with van der Waals surface area (Å²) >= 11 is 0. The molecule has 0 N–H and O–H groups in total. The molecule has 1 heterocycles. The van der Waals surface area contributed by atoms with E-state index in [1.54, 1.807) is 0 Å². The van der Waals surface area contributed by atoms with Gasteiger partial charge in [-0.15, -0.1) is 0 Å². The third kappa shape index (κ3) is 6.12. The van der Waals surface area contributed by atoms with E-state index >= 15 is 0 Å². The lowest BCUT2D eigenvalue weighted by atomic mass is 9.91. The Bertz CT molecular complexity index is 3610. The van der Waals surface area contributed by atoms with Crippen LogP contribution in [0.1, 0.15) is 0 Å². The second-order valence-corrected chi connectivity index (χ2v) is 16.1. The van der Waals surface area contributed by atoms with Crippen LogP contribution in [0.3, 0.4) is 0 Å². The topological polar surface area (TPSA) is 16.4 Å². The maximum absolute atomic E-state index is 6.57. The van der Waals surface area contributed by atoms with Crippen LogP contribution in [0, 0.1) is 0 Å². The zero-order chi connectivity index (χ0) is 41.0. The minimum Gasteiger partial charge on any atom is -0.456 e. The average Bonchev–Trinajstić information content (AvgIpc) is 3.73. The zero-order valence-electron chi connectivity index (χ0n) is 33.9. The molecule has 12 aromatic rings. The molecule has 0 fully saturated rings. The Hall–Kier alpha value is -8.20. The number of rotatable bonds is 7. The van der Waals surface area contributed by atoms with Gasteiger partial charge in [0.15, 0.2) is 0 Å². The molecule has 0 saturated heterocycles. The molecule has 0 unspecified atom stereocenters. The normalized spacial score (nSPS) is 11.5. The first-order chi connectivity index (χ1) is 30.7. The Morgan fingerprint density at radius 1 is 0.258 bits per heavy atom. The molecular formula is C60H39NO. The van der Waals surface area contributed by atoms with Crippen molar-refractivity contribution in [1.82, 2.24) is 0 Å². The number of nitrogens with zero attached hydrogens (tertiary/aromatic N) is 1. The number of anilines is 3. The number of para-hydroxylation sites is 2. The van der Waals surface area contributed by atoms with Gasteiger partial charge in [0.1, 0.15) is 11.2 Å². The van der Waals surface area contributed by atoms with Crippen LogP contribution >= 0.6 is 0 Å². The van der Waals surface area contributed by atoms with Gasteiger partial charge in [0.2, 0.25) is 0 Å². The van der Waals surface area contributed by atoms with Gasteiger partial charge in [-0.2, -0.15) is 0 Å². The lowest BCUT2D eigenvalue weighted by molar-refractivity contribution is 0.669. The summed E-state index contributed by atoms with van der Waals surface area (Å²) in [4.78, 5) is 2.34. The second kappa shape index (κ2) is 14.8. The molecule has 0 bridgehead atoms. The Morgan fingerprint density at radius 3 is 1.55 bits per heavy atom. The zero-order valence-corrected chi connectivity index (χ0v) is 33.9. The minimum atomic E-state index is 0.893. The first-order valence-corrected chi connectivity index (χ1v) is 21.2. The molecule has 0 aliphatic rings. The molecule has 0 aliphatic heterocycles. The van der Waals surface area contributed by atoms with Crippen molar-refractivity contribution in [2.24, 2.45) is 0 Å². The van der Waals surface area contributed by atoms with Crippen LogP contribution in [0.5, 0.6) is 0 Å². The summed E-state index contributed by atoms with van der Waals surface area (Å²) in [5.41, 5.74) is 14.5. The van der Waals surface area contributed by atoms with Crippen molar-refractivity contribution < 1.29 is 4.42 Å². The lowest BCUT2D eigenvalue weighted by Crippen LogP contribution is -2.09. The fraction of sp³-hybridized carbons (Fsp3) is 0. The number of benzene rings is 11. The molecule has 0 radical (unpaired) electrons. The lowest BCUT2D eigenvalue weighted by Gasteiger charge is -2.26. The van der Waals surface area contributed by atoms with Gasteiger partial charge in [0.05, 0.1) is 0 Å². The fourth-order valence-electron chi connectivity index (χ4n) is 9.46. The first kappa shape index (κ1) is 35.7. The van der Waals surface area contributed by atoms with Crippen LogP contribution in [0.4, 0.5) is 17.1 Å². The van der Waals surface area contributed by atoms with E-state index in [1.165, 1.54) is 54.6 Å². The van der Waals surface area contributed by atoms with Gasteiger partial charge in [0, 0.05) is 27.8 Å². The van der Waals surface area contributed by atoms with E-state index in [4.69, 9.17) is 4.42 Å². The number of hydrogen-bond donors (Lipinski definition) is 0. The summed E-state index contributed by atoms with van der Waals surface area (Å²) in [6.45, 7) is 0. The van der Waals surface area contributed by atoms with E-state index in [0.717, 1.165) is 61.3 Å². The molecule has 290 valence electrons. The van der Waals surface area contributed by atoms with Gasteiger partial charge < -0.3 is 9.32 Å². The monoisotopic (exact) mass is 789 g/mol. The summed E-state index contributed by atoms with van der Waals surface area (Å²) in [5, 5.41) is 9.72. The van der Waals surface area contributed by atoms with Crippen molar-refractivity contribution in [3.05, 3.63) is 237 Å². The molecule has 11 aromatic carbocycles. The van der Waals surface area contributed by atoms with Gasteiger partial charge in [-0.25, -0.2) is 0 Å². The quantitative estimate of drug-likeness (QED) is 0.150. The Morgan fingerprint density at radius 2 is 0.774 bits per heavy atom. The van der Waals surface area contributed by atoms with Crippen molar-refractivity contribution in [3.63, 3.8) is 0 Å². The predicted molar refractivity (Wildman–Crippen MR) is 263 cm³/mol. The third-order valence-corrected chi connectivity index (χ3v) is 12.4. The SMILES string of the molecule is c1ccc(-c2cccc(-c3cc4oc5ccccc5c4c4cc(-c5ccc(N(c6ccccc6)c6ccc(-c7cc8ccccc8c8ccccc78)cc6)cc5)ccc34)c2)cc1. The number of fused-ring (bicyclic) bond motifs is 8. The van der Waals surface area contributed by atoms with Crippen LogP contribution in [-0.2, 0) is 0 Å². The molecule has 1 aromatic heterocycles. The minimum absolute atomic E-state index is 0.893. The van der Waals surface area contributed by atoms with Gasteiger partial charge in [-0.3, -0.25) is 0 Å². The van der Waals surface area contributed by atoms with Gasteiger partial charge in [-0.1, -0.05) is 170 Å². The highest BCUT2D eigenvalue weighted by Crippen LogP contribution is 2.43. The van der Waals surface area contributed by atoms with E-state index in [2.05, 4.69) is 235 Å². The van der Waals surface area contributed by atoms with E-state index in [0.29, 0.717) is 0 Å². The standard InChI is InChI=1S/C60H39NO/c1-3-14-40(15-4-1)43-17-13-18-45(36-43)56-39-59-60(54-24-11-12-25-58(54)62-59)57-37-44(30-35-53(56)57)41-26-31-48(32-27-41)61(47-19-5-2-6-20-47)49-33-28-42(29-34-49)55-38-46-16-7-8-21-50(46)51-22-9-10-23-52(51)55/h1-39H. The molecule has 0 amide bonds. The number of hydrogen-bond acceptors (Lipinski definition) is 2. The number of furan rings is 1. The molecule has 12 rings (SSSR count). The van der Waals surface area contributed by atoms with Crippen molar-refractivity contribution in [3.8, 4) is 44.5 Å². The van der Waals surface area contributed by atoms with Crippen LogP contribution in [0.15, 0.2) is 241 Å². The summed E-state index contributed by atoms with van der Waals surface area (Å²) in [5.74, 6) is 0. The van der Waals surface area contributed by atoms with Crippen LogP contribution in [0.25, 0.3) is 98.8 Å². The largest absolute Gasteiger partial charge is 0.456 e. The molecule has 0 aliphatic carbocycles. The first-order valence-electron chi connectivity index (χ1n) is 21.2. The highest BCUT2D eigenvalue weighted by Gasteiger charge is 2.18. The van der Waals surface area contributed by atoms with E-state index in [9.17, 15) is 0 Å². The van der Waals surface area contributed by atoms with Crippen molar-refractivity contribution >= 4 is 71.3 Å². The smallest absolute Gasteiger partial charge is 0.136 e. The summed E-state index contributed by atoms with van der Waals surface area (Å²) < 4.78 is 6.57. The van der Waals surface area contributed by atoms with Crippen molar-refractivity contribution in [1.29, 1.82) is 0 Å². The fourth-order valence-corrected chi connectivity index (χ4v) is 9.46. The maximum Gasteiger partial charge on any atom is 0.136 e. The molecule has 62 heavy (non-hydrogen) atoms. The van der Waals surface area contributed by atoms with Crippen molar-refractivity contribution in [2.75, 3.05) is 4.90 Å². The van der Waals surface area contributed by atoms with E-state index in [-0.39, 0.29) is 0 Å². The van der Waals surface area contributed by atoms with Crippen LogP contribution in [0.2, 0.25) is 0 Å². The highest BCUT2D eigenvalue weighted by atomic mass is 16.3. The second-order valence-electron chi connectivity index (χ2n) is 16.1. The van der Waals surface area contributed by atoms with E-state index in [1.807, 2.05) is 6.07 Å². The Kier molecular flexibility index (Phi) is 8.53. The van der Waals surface area contributed by atoms with Crippen molar-refractivity contribution in [2.45, 2.75) is 0 Å². The summed E-state index contributed by atoms with van der Waals surface area (Å²) in [6.07, 6.45) is 0. The third-order valence-electron chi connectivity index (χ3n) is 12.4. The molecule has 2 heteroatoms. The summed E-state index contributed by atoms with van der Waals surface area (Å²) in [6, 6.07) is 85.3. The molecule has 0 atom stereocenters. The van der Waals surface area contributed by atoms with Gasteiger partial charge in [0.25, 0.3) is 0 Å². The van der Waals surface area contributed by atoms with Crippen LogP contribution in [-0.4, -0.2) is 0 Å². The predicted octanol–water partition coefficient (Wildman–Crippen LogP) is 17.2. The average molecular weight is 790 g/mol. The Labute approximate surface area is 360 Å². The highest BCUT2D eigenvalue weighted by molar-refractivity contribution is 6.23. The summed E-state index contributed by atoms with van der Waals surface area (Å²) in [7, 11) is 0. The van der Waals surface area contributed by atoms with Gasteiger partial charge >= 0.3 is 0 Å². The Balaban J connectivity index is 0.942. The van der Waals surface area contributed by atoms with E-state index < -0.39 is 0 Å². The molecule has 2 nitrogen and oxygen atoms in total. The molecule has 0 saturated carbocycles.